The van der Waals surface area contributed by atoms with Crippen LogP contribution in [0, 0.1) is 0 Å². The normalized spacial score (nSPS) is 13.3. The Morgan fingerprint density at radius 2 is 2.12 bits per heavy atom. The Morgan fingerprint density at radius 3 is 2.88 bits per heavy atom. The molecule has 3 nitrogen and oxygen atoms in total. The first kappa shape index (κ1) is 10.9. The third-order valence-corrected chi connectivity index (χ3v) is 2.98. The van der Waals surface area contributed by atoms with Gasteiger partial charge in [-0.1, -0.05) is 18.2 Å². The van der Waals surface area contributed by atoms with Gasteiger partial charge in [0.1, 0.15) is 6.42 Å². The van der Waals surface area contributed by atoms with Crippen LogP contribution in [0.2, 0.25) is 0 Å². The minimum atomic E-state index is -0.472. The standard InChI is InChI=1S/C13H14O3/c1-16-13(15)8-12(14)11-7-3-5-9-4-2-6-10(9)11/h3,5,7H,2,4,6,8H2,1H3. The number of fused-ring (bicyclic) bond motifs is 1. The number of carbonyl (C=O) groups excluding carboxylic acids is 2. The molecule has 0 radical (unpaired) electrons. The smallest absolute Gasteiger partial charge is 0.313 e. The molecule has 0 spiro atoms. The largest absolute Gasteiger partial charge is 0.469 e. The van der Waals surface area contributed by atoms with Gasteiger partial charge in [-0.05, 0) is 30.4 Å². The predicted octanol–water partition coefficient (Wildman–Crippen LogP) is 1.92. The minimum Gasteiger partial charge on any atom is -0.469 e. The van der Waals surface area contributed by atoms with E-state index in [4.69, 9.17) is 0 Å². The Kier molecular flexibility index (Phi) is 3.04. The van der Waals surface area contributed by atoms with E-state index in [1.54, 1.807) is 6.07 Å². The van der Waals surface area contributed by atoms with Gasteiger partial charge < -0.3 is 4.74 Å². The van der Waals surface area contributed by atoms with Crippen LogP contribution in [0.3, 0.4) is 0 Å². The zero-order chi connectivity index (χ0) is 11.5. The number of benzene rings is 1. The van der Waals surface area contributed by atoms with Crippen molar-refractivity contribution in [1.82, 2.24) is 0 Å². The van der Waals surface area contributed by atoms with Crippen molar-refractivity contribution in [2.75, 3.05) is 7.11 Å². The average Bonchev–Trinajstić information content (AvgIpc) is 2.76. The summed E-state index contributed by atoms with van der Waals surface area (Å²) in [5.74, 6) is -0.605. The van der Waals surface area contributed by atoms with Crippen LogP contribution in [0.15, 0.2) is 18.2 Å². The molecule has 0 heterocycles. The van der Waals surface area contributed by atoms with Crippen LogP contribution in [-0.2, 0) is 22.4 Å². The maximum Gasteiger partial charge on any atom is 0.313 e. The molecule has 84 valence electrons. The molecule has 1 aromatic carbocycles. The molecule has 0 N–H and O–H groups in total. The molecule has 0 saturated carbocycles. The van der Waals surface area contributed by atoms with Crippen LogP contribution in [-0.4, -0.2) is 18.9 Å². The van der Waals surface area contributed by atoms with Crippen LogP contribution in [0.5, 0.6) is 0 Å². The molecule has 0 atom stereocenters. The quantitative estimate of drug-likeness (QED) is 0.442. The summed E-state index contributed by atoms with van der Waals surface area (Å²) in [4.78, 5) is 22.9. The van der Waals surface area contributed by atoms with Crippen molar-refractivity contribution in [3.8, 4) is 0 Å². The summed E-state index contributed by atoms with van der Waals surface area (Å²) in [5.41, 5.74) is 3.06. The molecule has 1 aromatic rings. The highest BCUT2D eigenvalue weighted by molar-refractivity contribution is 6.07. The number of esters is 1. The van der Waals surface area contributed by atoms with Crippen molar-refractivity contribution in [3.05, 3.63) is 34.9 Å². The van der Waals surface area contributed by atoms with E-state index in [1.807, 2.05) is 6.07 Å². The number of Topliss-reactive ketones (excluding diaryl/α,β-unsaturated/α-hetero) is 1. The van der Waals surface area contributed by atoms with E-state index in [9.17, 15) is 9.59 Å². The van der Waals surface area contributed by atoms with Gasteiger partial charge in [0.05, 0.1) is 7.11 Å². The van der Waals surface area contributed by atoms with Gasteiger partial charge in [0.15, 0.2) is 5.78 Å². The fraction of sp³-hybridized carbons (Fsp3) is 0.385. The third kappa shape index (κ3) is 1.98. The summed E-state index contributed by atoms with van der Waals surface area (Å²) >= 11 is 0. The highest BCUT2D eigenvalue weighted by Crippen LogP contribution is 2.26. The van der Waals surface area contributed by atoms with Gasteiger partial charge in [-0.2, -0.15) is 0 Å². The van der Waals surface area contributed by atoms with Gasteiger partial charge >= 0.3 is 5.97 Å². The predicted molar refractivity (Wildman–Crippen MR) is 59.4 cm³/mol. The number of aryl methyl sites for hydroxylation is 1. The second-order valence-electron chi connectivity index (χ2n) is 3.97. The number of ether oxygens (including phenoxy) is 1. The molecular weight excluding hydrogens is 204 g/mol. The molecule has 0 fully saturated rings. The fourth-order valence-electron chi connectivity index (χ4n) is 2.18. The SMILES string of the molecule is COC(=O)CC(=O)c1cccc2c1CCC2. The van der Waals surface area contributed by atoms with E-state index in [0.29, 0.717) is 5.56 Å². The zero-order valence-electron chi connectivity index (χ0n) is 9.29. The van der Waals surface area contributed by atoms with Crippen molar-refractivity contribution in [2.24, 2.45) is 0 Å². The van der Waals surface area contributed by atoms with Crippen LogP contribution in [0.25, 0.3) is 0 Å². The lowest BCUT2D eigenvalue weighted by atomic mass is 9.98. The molecule has 0 aromatic heterocycles. The second-order valence-corrected chi connectivity index (χ2v) is 3.97. The van der Waals surface area contributed by atoms with Crippen LogP contribution < -0.4 is 0 Å². The third-order valence-electron chi connectivity index (χ3n) is 2.98. The van der Waals surface area contributed by atoms with E-state index >= 15 is 0 Å². The van der Waals surface area contributed by atoms with Crippen LogP contribution in [0.4, 0.5) is 0 Å². The van der Waals surface area contributed by atoms with Gasteiger partial charge in [-0.25, -0.2) is 0 Å². The van der Waals surface area contributed by atoms with Crippen molar-refractivity contribution in [1.29, 1.82) is 0 Å². The molecule has 1 aliphatic carbocycles. The summed E-state index contributed by atoms with van der Waals surface area (Å²) in [6, 6.07) is 5.74. The van der Waals surface area contributed by atoms with Crippen molar-refractivity contribution < 1.29 is 14.3 Å². The van der Waals surface area contributed by atoms with Crippen molar-refractivity contribution in [3.63, 3.8) is 0 Å². The summed E-state index contributed by atoms with van der Waals surface area (Å²) in [6.45, 7) is 0. The Bertz CT molecular complexity index is 435. The Hall–Kier alpha value is -1.64. The highest BCUT2D eigenvalue weighted by Gasteiger charge is 2.20. The summed E-state index contributed by atoms with van der Waals surface area (Å²) in [5, 5.41) is 0. The minimum absolute atomic E-state index is 0.134. The van der Waals surface area contributed by atoms with Gasteiger partial charge in [-0.15, -0.1) is 0 Å². The summed E-state index contributed by atoms with van der Waals surface area (Å²) in [6.07, 6.45) is 2.91. The molecule has 0 amide bonds. The van der Waals surface area contributed by atoms with Gasteiger partial charge in [-0.3, -0.25) is 9.59 Å². The molecule has 2 rings (SSSR count). The Balaban J connectivity index is 2.24. The maximum atomic E-state index is 11.9. The summed E-state index contributed by atoms with van der Waals surface area (Å²) in [7, 11) is 1.30. The molecule has 0 saturated heterocycles. The molecule has 0 aliphatic heterocycles. The average molecular weight is 218 g/mol. The molecule has 16 heavy (non-hydrogen) atoms. The fourth-order valence-corrected chi connectivity index (χ4v) is 2.18. The lowest BCUT2D eigenvalue weighted by molar-refractivity contribution is -0.139. The van der Waals surface area contributed by atoms with E-state index in [-0.39, 0.29) is 12.2 Å². The highest BCUT2D eigenvalue weighted by atomic mass is 16.5. The molecule has 3 heteroatoms. The molecule has 0 bridgehead atoms. The maximum absolute atomic E-state index is 11.9. The summed E-state index contributed by atoms with van der Waals surface area (Å²) < 4.78 is 4.50. The first-order valence-electron chi connectivity index (χ1n) is 5.43. The zero-order valence-corrected chi connectivity index (χ0v) is 9.29. The van der Waals surface area contributed by atoms with Gasteiger partial charge in [0.25, 0.3) is 0 Å². The van der Waals surface area contributed by atoms with Crippen LogP contribution in [0.1, 0.15) is 34.3 Å². The lowest BCUT2D eigenvalue weighted by Crippen LogP contribution is -2.11. The number of carbonyl (C=O) groups is 2. The topological polar surface area (TPSA) is 43.4 Å². The monoisotopic (exact) mass is 218 g/mol. The van der Waals surface area contributed by atoms with Crippen molar-refractivity contribution >= 4 is 11.8 Å². The number of hydrogen-bond donors (Lipinski definition) is 0. The van der Waals surface area contributed by atoms with Gasteiger partial charge in [0, 0.05) is 5.56 Å². The van der Waals surface area contributed by atoms with E-state index < -0.39 is 5.97 Å². The second kappa shape index (κ2) is 4.47. The van der Waals surface area contributed by atoms with E-state index in [0.717, 1.165) is 24.8 Å². The number of methoxy groups -OCH3 is 1. The number of rotatable bonds is 3. The Labute approximate surface area is 94.4 Å². The lowest BCUT2D eigenvalue weighted by Gasteiger charge is -2.06. The first-order valence-corrected chi connectivity index (χ1v) is 5.43. The van der Waals surface area contributed by atoms with Crippen LogP contribution >= 0.6 is 0 Å². The van der Waals surface area contributed by atoms with E-state index in [1.165, 1.54) is 12.7 Å². The van der Waals surface area contributed by atoms with E-state index in [2.05, 4.69) is 10.8 Å². The molecule has 1 aliphatic rings. The number of ketones is 1. The molecule has 0 unspecified atom stereocenters. The molecular formula is C13H14O3. The van der Waals surface area contributed by atoms with Gasteiger partial charge in [0.2, 0.25) is 0 Å². The number of hydrogen-bond acceptors (Lipinski definition) is 3. The first-order chi connectivity index (χ1) is 7.72. The Morgan fingerprint density at radius 1 is 1.31 bits per heavy atom. The van der Waals surface area contributed by atoms with Crippen molar-refractivity contribution in [2.45, 2.75) is 25.7 Å².